The minimum atomic E-state index is 0.863. The maximum atomic E-state index is 4.34. The zero-order valence-corrected chi connectivity index (χ0v) is 12.4. The number of imidazole rings is 1. The molecule has 1 aromatic heterocycles. The molecule has 0 unspecified atom stereocenters. The first-order chi connectivity index (χ1) is 10.3. The SMILES string of the molecule is CNCc1cccc(-n2cncc2-c2ccccc2C)c1. The Kier molecular flexibility index (Phi) is 3.84. The molecule has 0 saturated carbocycles. The molecular weight excluding hydrogens is 258 g/mol. The molecule has 0 amide bonds. The van der Waals surface area contributed by atoms with Crippen molar-refractivity contribution in [3.8, 4) is 16.9 Å². The van der Waals surface area contributed by atoms with Crippen LogP contribution in [0.5, 0.6) is 0 Å². The van der Waals surface area contributed by atoms with Crippen molar-refractivity contribution in [3.05, 3.63) is 72.2 Å². The standard InChI is InChI=1S/C18H19N3/c1-14-6-3-4-9-17(14)18-12-20-13-21(18)16-8-5-7-15(10-16)11-19-2/h3-10,12-13,19H,11H2,1-2H3. The number of aryl methyl sites for hydroxylation is 1. The molecule has 1 heterocycles. The summed E-state index contributed by atoms with van der Waals surface area (Å²) in [6.45, 7) is 2.99. The zero-order chi connectivity index (χ0) is 14.7. The molecule has 0 spiro atoms. The van der Waals surface area contributed by atoms with Gasteiger partial charge in [0.05, 0.1) is 18.2 Å². The Balaban J connectivity index is 2.07. The van der Waals surface area contributed by atoms with Gasteiger partial charge in [-0.25, -0.2) is 4.98 Å². The monoisotopic (exact) mass is 277 g/mol. The van der Waals surface area contributed by atoms with Crippen LogP contribution >= 0.6 is 0 Å². The van der Waals surface area contributed by atoms with Crippen LogP contribution in [0, 0.1) is 6.92 Å². The van der Waals surface area contributed by atoms with Gasteiger partial charge in [0.1, 0.15) is 0 Å². The molecule has 0 aliphatic heterocycles. The van der Waals surface area contributed by atoms with Crippen LogP contribution in [0.25, 0.3) is 16.9 Å². The highest BCUT2D eigenvalue weighted by molar-refractivity contribution is 5.65. The Labute approximate surface area is 125 Å². The summed E-state index contributed by atoms with van der Waals surface area (Å²) in [5.74, 6) is 0. The summed E-state index contributed by atoms with van der Waals surface area (Å²) in [5, 5.41) is 3.19. The van der Waals surface area contributed by atoms with Crippen molar-refractivity contribution in [1.82, 2.24) is 14.9 Å². The van der Waals surface area contributed by atoms with Crippen molar-refractivity contribution < 1.29 is 0 Å². The summed E-state index contributed by atoms with van der Waals surface area (Å²) < 4.78 is 2.14. The van der Waals surface area contributed by atoms with E-state index in [9.17, 15) is 0 Å². The fraction of sp³-hybridized carbons (Fsp3) is 0.167. The van der Waals surface area contributed by atoms with Crippen LogP contribution in [0.1, 0.15) is 11.1 Å². The summed E-state index contributed by atoms with van der Waals surface area (Å²) in [4.78, 5) is 4.34. The highest BCUT2D eigenvalue weighted by Crippen LogP contribution is 2.25. The van der Waals surface area contributed by atoms with Gasteiger partial charge in [-0.1, -0.05) is 36.4 Å². The fourth-order valence-corrected chi connectivity index (χ4v) is 2.58. The van der Waals surface area contributed by atoms with Crippen molar-refractivity contribution in [2.75, 3.05) is 7.05 Å². The van der Waals surface area contributed by atoms with E-state index < -0.39 is 0 Å². The van der Waals surface area contributed by atoms with E-state index in [1.165, 1.54) is 16.7 Å². The first kappa shape index (κ1) is 13.6. The third kappa shape index (κ3) is 2.73. The molecular formula is C18H19N3. The van der Waals surface area contributed by atoms with E-state index in [0.29, 0.717) is 0 Å². The summed E-state index contributed by atoms with van der Waals surface area (Å²) >= 11 is 0. The van der Waals surface area contributed by atoms with Crippen LogP contribution < -0.4 is 5.32 Å². The molecule has 0 aliphatic carbocycles. The number of rotatable bonds is 4. The molecule has 21 heavy (non-hydrogen) atoms. The molecule has 1 N–H and O–H groups in total. The summed E-state index contributed by atoms with van der Waals surface area (Å²) in [6.07, 6.45) is 3.80. The maximum absolute atomic E-state index is 4.34. The maximum Gasteiger partial charge on any atom is 0.0997 e. The number of aromatic nitrogens is 2. The van der Waals surface area contributed by atoms with Crippen molar-refractivity contribution in [2.45, 2.75) is 13.5 Å². The van der Waals surface area contributed by atoms with E-state index in [1.807, 2.05) is 19.6 Å². The Morgan fingerprint density at radius 2 is 1.95 bits per heavy atom. The predicted molar refractivity (Wildman–Crippen MR) is 86.5 cm³/mol. The molecule has 2 aromatic carbocycles. The fourth-order valence-electron chi connectivity index (χ4n) is 2.58. The largest absolute Gasteiger partial charge is 0.316 e. The third-order valence-electron chi connectivity index (χ3n) is 3.63. The van der Waals surface area contributed by atoms with Crippen molar-refractivity contribution >= 4 is 0 Å². The molecule has 0 bridgehead atoms. The second-order valence-corrected chi connectivity index (χ2v) is 5.16. The molecule has 3 aromatic rings. The normalized spacial score (nSPS) is 10.8. The summed E-state index contributed by atoms with van der Waals surface area (Å²) in [7, 11) is 1.96. The summed E-state index contributed by atoms with van der Waals surface area (Å²) in [5.41, 5.74) is 5.99. The van der Waals surface area contributed by atoms with Gasteiger partial charge in [0, 0.05) is 17.8 Å². The number of hydrogen-bond acceptors (Lipinski definition) is 2. The van der Waals surface area contributed by atoms with E-state index in [2.05, 4.69) is 70.3 Å². The minimum Gasteiger partial charge on any atom is -0.316 e. The minimum absolute atomic E-state index is 0.863. The first-order valence-electron chi connectivity index (χ1n) is 7.12. The lowest BCUT2D eigenvalue weighted by atomic mass is 10.1. The number of benzene rings is 2. The molecule has 0 saturated heterocycles. The number of nitrogens with one attached hydrogen (secondary N) is 1. The smallest absolute Gasteiger partial charge is 0.0997 e. The van der Waals surface area contributed by atoms with Gasteiger partial charge >= 0.3 is 0 Å². The van der Waals surface area contributed by atoms with Crippen molar-refractivity contribution in [2.24, 2.45) is 0 Å². The Morgan fingerprint density at radius 3 is 2.76 bits per heavy atom. The van der Waals surface area contributed by atoms with Crippen LogP contribution in [0.2, 0.25) is 0 Å². The van der Waals surface area contributed by atoms with E-state index in [-0.39, 0.29) is 0 Å². The molecule has 0 radical (unpaired) electrons. The zero-order valence-electron chi connectivity index (χ0n) is 12.4. The highest BCUT2D eigenvalue weighted by atomic mass is 15.0. The molecule has 0 fully saturated rings. The topological polar surface area (TPSA) is 29.9 Å². The van der Waals surface area contributed by atoms with Gasteiger partial charge in [-0.3, -0.25) is 4.57 Å². The number of hydrogen-bond donors (Lipinski definition) is 1. The Hall–Kier alpha value is -2.39. The first-order valence-corrected chi connectivity index (χ1v) is 7.12. The lowest BCUT2D eigenvalue weighted by molar-refractivity contribution is 0.816. The van der Waals surface area contributed by atoms with Crippen LogP contribution in [-0.4, -0.2) is 16.6 Å². The Bertz CT molecular complexity index is 743. The van der Waals surface area contributed by atoms with E-state index in [4.69, 9.17) is 0 Å². The van der Waals surface area contributed by atoms with Gasteiger partial charge in [-0.2, -0.15) is 0 Å². The average molecular weight is 277 g/mol. The number of nitrogens with zero attached hydrogens (tertiary/aromatic N) is 2. The van der Waals surface area contributed by atoms with Crippen LogP contribution in [0.4, 0.5) is 0 Å². The van der Waals surface area contributed by atoms with E-state index in [0.717, 1.165) is 17.9 Å². The second kappa shape index (κ2) is 5.94. The van der Waals surface area contributed by atoms with Gasteiger partial charge < -0.3 is 5.32 Å². The van der Waals surface area contributed by atoms with Gasteiger partial charge in [0.15, 0.2) is 0 Å². The molecule has 0 atom stereocenters. The van der Waals surface area contributed by atoms with Gasteiger partial charge in [-0.05, 0) is 37.2 Å². The molecule has 3 rings (SSSR count). The lowest BCUT2D eigenvalue weighted by Crippen LogP contribution is -2.05. The molecule has 106 valence electrons. The highest BCUT2D eigenvalue weighted by Gasteiger charge is 2.09. The lowest BCUT2D eigenvalue weighted by Gasteiger charge is -2.11. The van der Waals surface area contributed by atoms with E-state index >= 15 is 0 Å². The van der Waals surface area contributed by atoms with Gasteiger partial charge in [0.25, 0.3) is 0 Å². The quantitative estimate of drug-likeness (QED) is 0.790. The average Bonchev–Trinajstić information content (AvgIpc) is 2.98. The molecule has 3 nitrogen and oxygen atoms in total. The predicted octanol–water partition coefficient (Wildman–Crippen LogP) is 3.57. The van der Waals surface area contributed by atoms with Gasteiger partial charge in [-0.15, -0.1) is 0 Å². The van der Waals surface area contributed by atoms with E-state index in [1.54, 1.807) is 0 Å². The van der Waals surface area contributed by atoms with Crippen molar-refractivity contribution in [1.29, 1.82) is 0 Å². The second-order valence-electron chi connectivity index (χ2n) is 5.16. The van der Waals surface area contributed by atoms with Crippen LogP contribution in [0.3, 0.4) is 0 Å². The Morgan fingerprint density at radius 1 is 1.10 bits per heavy atom. The van der Waals surface area contributed by atoms with Gasteiger partial charge in [0.2, 0.25) is 0 Å². The molecule has 3 heteroatoms. The van der Waals surface area contributed by atoms with Crippen LogP contribution in [-0.2, 0) is 6.54 Å². The molecule has 0 aliphatic rings. The third-order valence-corrected chi connectivity index (χ3v) is 3.63. The summed E-state index contributed by atoms with van der Waals surface area (Å²) in [6, 6.07) is 16.9. The van der Waals surface area contributed by atoms with Crippen LogP contribution in [0.15, 0.2) is 61.1 Å². The van der Waals surface area contributed by atoms with Crippen molar-refractivity contribution in [3.63, 3.8) is 0 Å².